The van der Waals surface area contributed by atoms with E-state index in [4.69, 9.17) is 0 Å². The molecule has 162 valence electrons. The molecule has 1 amide bonds. The minimum absolute atomic E-state index is 0.00910. The van der Waals surface area contributed by atoms with Gasteiger partial charge in [0.25, 0.3) is 0 Å². The highest BCUT2D eigenvalue weighted by molar-refractivity contribution is 7.88. The van der Waals surface area contributed by atoms with Crippen molar-refractivity contribution in [1.29, 1.82) is 0 Å². The highest BCUT2D eigenvalue weighted by atomic mass is 32.2. The van der Waals surface area contributed by atoms with Gasteiger partial charge in [-0.2, -0.15) is 0 Å². The van der Waals surface area contributed by atoms with Crippen LogP contribution in [-0.4, -0.2) is 42.3 Å². The fourth-order valence-electron chi connectivity index (χ4n) is 3.91. The summed E-state index contributed by atoms with van der Waals surface area (Å²) in [6.45, 7) is 0.872. The molecule has 4 rings (SSSR count). The summed E-state index contributed by atoms with van der Waals surface area (Å²) < 4.78 is 28.9. The molecule has 1 N–H and O–H groups in total. The summed E-state index contributed by atoms with van der Waals surface area (Å²) in [6.07, 6.45) is 5.54. The number of hydrogen-bond donors (Lipinski definition) is 1. The van der Waals surface area contributed by atoms with E-state index in [2.05, 4.69) is 5.32 Å². The number of hydrogen-bond acceptors (Lipinski definition) is 3. The second-order valence-electron chi connectivity index (χ2n) is 7.92. The lowest BCUT2D eigenvalue weighted by atomic mass is 10.1. The minimum Gasteiger partial charge on any atom is -0.353 e. The second kappa shape index (κ2) is 9.49. The number of piperidine rings is 1. The molecule has 1 aliphatic rings. The number of amides is 1. The van der Waals surface area contributed by atoms with Crippen molar-refractivity contribution >= 4 is 15.9 Å². The maximum absolute atomic E-state index is 12.7. The molecule has 31 heavy (non-hydrogen) atoms. The van der Waals surface area contributed by atoms with Crippen molar-refractivity contribution < 1.29 is 13.2 Å². The molecule has 6 nitrogen and oxygen atoms in total. The molecular weight excluding hydrogens is 410 g/mol. The van der Waals surface area contributed by atoms with Crippen molar-refractivity contribution in [3.8, 4) is 5.69 Å². The topological polar surface area (TPSA) is 71.4 Å². The van der Waals surface area contributed by atoms with E-state index in [0.29, 0.717) is 32.4 Å². The van der Waals surface area contributed by atoms with E-state index in [1.807, 2.05) is 83.7 Å². The molecule has 0 aliphatic carbocycles. The number of rotatable bonds is 7. The van der Waals surface area contributed by atoms with Gasteiger partial charge in [-0.3, -0.25) is 4.79 Å². The van der Waals surface area contributed by atoms with Crippen molar-refractivity contribution in [3.63, 3.8) is 0 Å². The van der Waals surface area contributed by atoms with Crippen LogP contribution in [0.25, 0.3) is 5.69 Å². The number of nitrogens with zero attached hydrogens (tertiary/aromatic N) is 2. The first-order valence-electron chi connectivity index (χ1n) is 10.5. The fraction of sp³-hybridized carbons (Fsp3) is 0.292. The average Bonchev–Trinajstić information content (AvgIpc) is 3.30. The molecule has 0 bridgehead atoms. The molecule has 0 radical (unpaired) electrons. The highest BCUT2D eigenvalue weighted by Gasteiger charge is 2.28. The summed E-state index contributed by atoms with van der Waals surface area (Å²) in [5.41, 5.74) is 2.80. The monoisotopic (exact) mass is 437 g/mol. The van der Waals surface area contributed by atoms with Crippen molar-refractivity contribution in [2.24, 2.45) is 0 Å². The molecule has 1 aliphatic heterocycles. The molecule has 0 atom stereocenters. The van der Waals surface area contributed by atoms with E-state index >= 15 is 0 Å². The number of carbonyl (C=O) groups is 1. The molecule has 3 aromatic rings. The third kappa shape index (κ3) is 5.62. The maximum atomic E-state index is 12.7. The average molecular weight is 438 g/mol. The van der Waals surface area contributed by atoms with Crippen molar-refractivity contribution in [2.45, 2.75) is 31.1 Å². The number of sulfonamides is 1. The van der Waals surface area contributed by atoms with Gasteiger partial charge >= 0.3 is 0 Å². The van der Waals surface area contributed by atoms with Gasteiger partial charge in [-0.15, -0.1) is 0 Å². The maximum Gasteiger partial charge on any atom is 0.224 e. The highest BCUT2D eigenvalue weighted by Crippen LogP contribution is 2.18. The Labute approximate surface area is 183 Å². The number of aromatic nitrogens is 1. The Morgan fingerprint density at radius 3 is 2.16 bits per heavy atom. The van der Waals surface area contributed by atoms with E-state index in [1.54, 1.807) is 4.31 Å². The van der Waals surface area contributed by atoms with Crippen molar-refractivity contribution in [3.05, 3.63) is 90.3 Å². The van der Waals surface area contributed by atoms with Crippen LogP contribution >= 0.6 is 0 Å². The summed E-state index contributed by atoms with van der Waals surface area (Å²) in [6, 6.07) is 21.1. The zero-order chi connectivity index (χ0) is 21.7. The van der Waals surface area contributed by atoms with Gasteiger partial charge in [-0.25, -0.2) is 12.7 Å². The van der Waals surface area contributed by atoms with Gasteiger partial charge in [0, 0.05) is 37.2 Å². The lowest BCUT2D eigenvalue weighted by Gasteiger charge is -2.31. The van der Waals surface area contributed by atoms with Crippen LogP contribution in [0.3, 0.4) is 0 Å². The van der Waals surface area contributed by atoms with Crippen LogP contribution < -0.4 is 5.32 Å². The van der Waals surface area contributed by atoms with Crippen LogP contribution in [0.15, 0.2) is 79.1 Å². The molecule has 1 aromatic heterocycles. The van der Waals surface area contributed by atoms with E-state index in [-0.39, 0.29) is 17.7 Å². The molecule has 0 saturated carbocycles. The summed E-state index contributed by atoms with van der Waals surface area (Å²) in [7, 11) is -3.34. The van der Waals surface area contributed by atoms with E-state index in [1.165, 1.54) is 0 Å². The van der Waals surface area contributed by atoms with Gasteiger partial charge in [0.05, 0.1) is 12.2 Å². The first-order valence-corrected chi connectivity index (χ1v) is 12.1. The van der Waals surface area contributed by atoms with Crippen molar-refractivity contribution in [2.75, 3.05) is 13.1 Å². The fourth-order valence-corrected chi connectivity index (χ4v) is 5.47. The van der Waals surface area contributed by atoms with Gasteiger partial charge in [-0.1, -0.05) is 42.5 Å². The van der Waals surface area contributed by atoms with E-state index in [9.17, 15) is 13.2 Å². The van der Waals surface area contributed by atoms with Gasteiger partial charge in [0.2, 0.25) is 15.9 Å². The zero-order valence-corrected chi connectivity index (χ0v) is 18.2. The second-order valence-corrected chi connectivity index (χ2v) is 9.89. The van der Waals surface area contributed by atoms with Crippen LogP contribution in [0.5, 0.6) is 0 Å². The SMILES string of the molecule is O=C(Cc1ccc(-n2cccc2)cc1)NC1CCN(S(=O)(=O)Cc2ccccc2)CC1. The summed E-state index contributed by atoms with van der Waals surface area (Å²) in [5.74, 6) is -0.0107. The minimum atomic E-state index is -3.34. The first kappa shape index (κ1) is 21.3. The Balaban J connectivity index is 1.25. The Morgan fingerprint density at radius 2 is 1.52 bits per heavy atom. The van der Waals surface area contributed by atoms with E-state index in [0.717, 1.165) is 16.8 Å². The van der Waals surface area contributed by atoms with Crippen LogP contribution in [-0.2, 0) is 27.0 Å². The van der Waals surface area contributed by atoms with Crippen LogP contribution in [0.1, 0.15) is 24.0 Å². The van der Waals surface area contributed by atoms with Crippen molar-refractivity contribution in [1.82, 2.24) is 14.2 Å². The molecule has 0 spiro atoms. The normalized spacial score (nSPS) is 15.6. The molecule has 2 heterocycles. The molecule has 1 fully saturated rings. The molecule has 0 unspecified atom stereocenters. The Morgan fingerprint density at radius 1 is 0.871 bits per heavy atom. The number of nitrogens with one attached hydrogen (secondary N) is 1. The van der Waals surface area contributed by atoms with Gasteiger partial charge in [-0.05, 0) is 48.2 Å². The van der Waals surface area contributed by atoms with Crippen LogP contribution in [0, 0.1) is 0 Å². The van der Waals surface area contributed by atoms with Gasteiger partial charge in [0.1, 0.15) is 0 Å². The molecular formula is C24H27N3O3S. The van der Waals surface area contributed by atoms with Gasteiger partial charge in [0.15, 0.2) is 0 Å². The van der Waals surface area contributed by atoms with E-state index < -0.39 is 10.0 Å². The third-order valence-corrected chi connectivity index (χ3v) is 7.46. The Bertz CT molecular complexity index is 1090. The third-order valence-electron chi connectivity index (χ3n) is 5.61. The van der Waals surface area contributed by atoms with Crippen LogP contribution in [0.4, 0.5) is 0 Å². The largest absolute Gasteiger partial charge is 0.353 e. The zero-order valence-electron chi connectivity index (χ0n) is 17.4. The number of benzene rings is 2. The number of carbonyl (C=O) groups excluding carboxylic acids is 1. The predicted molar refractivity (Wildman–Crippen MR) is 121 cm³/mol. The summed E-state index contributed by atoms with van der Waals surface area (Å²) >= 11 is 0. The lowest BCUT2D eigenvalue weighted by Crippen LogP contribution is -2.47. The standard InChI is InChI=1S/C24H27N3O3S/c28-24(18-20-8-10-23(11-9-20)26-14-4-5-15-26)25-22-12-16-27(17-13-22)31(29,30)19-21-6-2-1-3-7-21/h1-11,14-15,22H,12-13,16-19H2,(H,25,28). The predicted octanol–water partition coefficient (Wildman–Crippen LogP) is 3.13. The smallest absolute Gasteiger partial charge is 0.224 e. The lowest BCUT2D eigenvalue weighted by molar-refractivity contribution is -0.121. The Kier molecular flexibility index (Phi) is 6.53. The van der Waals surface area contributed by atoms with Gasteiger partial charge < -0.3 is 9.88 Å². The first-order chi connectivity index (χ1) is 15.0. The quantitative estimate of drug-likeness (QED) is 0.617. The van der Waals surface area contributed by atoms with Crippen LogP contribution in [0.2, 0.25) is 0 Å². The summed E-state index contributed by atoms with van der Waals surface area (Å²) in [4.78, 5) is 12.5. The summed E-state index contributed by atoms with van der Waals surface area (Å²) in [5, 5.41) is 3.07. The molecule has 2 aromatic carbocycles. The Hall–Kier alpha value is -2.90. The molecule has 7 heteroatoms. The molecule has 1 saturated heterocycles.